The molecule has 1 unspecified atom stereocenters. The normalized spacial score (nSPS) is 14.3. The molecule has 1 rings (SSSR count). The summed E-state index contributed by atoms with van der Waals surface area (Å²) in [5, 5.41) is 13.5. The zero-order valence-corrected chi connectivity index (χ0v) is 14.5. The number of halogens is 1. The molecule has 2 N–H and O–H groups in total. The summed E-state index contributed by atoms with van der Waals surface area (Å²) in [6.45, 7) is 10.1. The van der Waals surface area contributed by atoms with Crippen molar-refractivity contribution in [3.63, 3.8) is 0 Å². The smallest absolute Gasteiger partial charge is 0.138 e. The molecule has 1 aromatic rings. The molecule has 20 heavy (non-hydrogen) atoms. The Labute approximate surface area is 130 Å². The summed E-state index contributed by atoms with van der Waals surface area (Å²) in [5.41, 5.74) is 0.310. The number of aliphatic hydroxyl groups is 1. The predicted octanol–water partition coefficient (Wildman–Crippen LogP) is 3.73. The van der Waals surface area contributed by atoms with E-state index in [1.165, 1.54) is 0 Å². The highest BCUT2D eigenvalue weighted by Gasteiger charge is 2.20. The van der Waals surface area contributed by atoms with E-state index in [2.05, 4.69) is 35.1 Å². The Morgan fingerprint density at radius 3 is 2.70 bits per heavy atom. The van der Waals surface area contributed by atoms with Crippen LogP contribution in [-0.2, 0) is 6.54 Å². The lowest BCUT2D eigenvalue weighted by Gasteiger charge is -2.23. The van der Waals surface area contributed by atoms with Gasteiger partial charge in [-0.1, -0.05) is 32.9 Å². The molecule has 0 aromatic heterocycles. The highest BCUT2D eigenvalue weighted by Crippen LogP contribution is 2.30. The van der Waals surface area contributed by atoms with Gasteiger partial charge in [0.2, 0.25) is 0 Å². The Morgan fingerprint density at radius 2 is 2.10 bits per heavy atom. The molecule has 0 bridgehead atoms. The first-order valence-corrected chi connectivity index (χ1v) is 7.98. The summed E-state index contributed by atoms with van der Waals surface area (Å²) in [7, 11) is 0. The second-order valence-electron chi connectivity index (χ2n) is 5.89. The first kappa shape index (κ1) is 17.5. The van der Waals surface area contributed by atoms with Crippen LogP contribution in [0.25, 0.3) is 0 Å². The Hall–Kier alpha value is -0.580. The van der Waals surface area contributed by atoms with Crippen LogP contribution in [0.5, 0.6) is 5.75 Å². The van der Waals surface area contributed by atoms with E-state index in [0.29, 0.717) is 18.9 Å². The average molecular weight is 344 g/mol. The summed E-state index contributed by atoms with van der Waals surface area (Å²) in [5.74, 6) is 1.44. The van der Waals surface area contributed by atoms with Gasteiger partial charge in [-0.15, -0.1) is 0 Å². The largest absolute Gasteiger partial charge is 0.489 e. The zero-order valence-electron chi connectivity index (χ0n) is 12.9. The molecule has 1 aromatic carbocycles. The van der Waals surface area contributed by atoms with E-state index in [1.54, 1.807) is 6.92 Å². The van der Waals surface area contributed by atoms with Crippen molar-refractivity contribution in [2.24, 2.45) is 5.92 Å². The van der Waals surface area contributed by atoms with Crippen LogP contribution < -0.4 is 10.1 Å². The van der Waals surface area contributed by atoms with Crippen LogP contribution in [-0.4, -0.2) is 23.9 Å². The third-order valence-electron chi connectivity index (χ3n) is 3.21. The molecule has 0 saturated heterocycles. The van der Waals surface area contributed by atoms with E-state index in [0.717, 1.165) is 28.9 Å². The number of hydrogen-bond donors (Lipinski definition) is 2. The van der Waals surface area contributed by atoms with Crippen LogP contribution in [0.3, 0.4) is 0 Å². The van der Waals surface area contributed by atoms with Crippen molar-refractivity contribution in [3.8, 4) is 5.75 Å². The monoisotopic (exact) mass is 343 g/mol. The van der Waals surface area contributed by atoms with Gasteiger partial charge in [0.05, 0.1) is 10.1 Å². The lowest BCUT2D eigenvalue weighted by Crippen LogP contribution is -2.31. The fourth-order valence-electron chi connectivity index (χ4n) is 1.68. The topological polar surface area (TPSA) is 41.5 Å². The van der Waals surface area contributed by atoms with Crippen LogP contribution in [0.4, 0.5) is 0 Å². The molecule has 1 atom stereocenters. The summed E-state index contributed by atoms with van der Waals surface area (Å²) < 4.78 is 6.77. The van der Waals surface area contributed by atoms with Crippen LogP contribution >= 0.6 is 15.9 Å². The van der Waals surface area contributed by atoms with Gasteiger partial charge in [-0.2, -0.15) is 0 Å². The van der Waals surface area contributed by atoms with Gasteiger partial charge in [-0.3, -0.25) is 0 Å². The average Bonchev–Trinajstić information content (AvgIpc) is 2.37. The lowest BCUT2D eigenvalue weighted by molar-refractivity contribution is 0.00792. The van der Waals surface area contributed by atoms with E-state index in [4.69, 9.17) is 4.74 Å². The van der Waals surface area contributed by atoms with Crippen molar-refractivity contribution >= 4 is 15.9 Å². The minimum atomic E-state index is -0.794. The number of nitrogens with one attached hydrogen (secondary N) is 1. The first-order valence-electron chi connectivity index (χ1n) is 7.19. The summed E-state index contributed by atoms with van der Waals surface area (Å²) in [4.78, 5) is 0. The second-order valence-corrected chi connectivity index (χ2v) is 6.75. The predicted molar refractivity (Wildman–Crippen MR) is 87.1 cm³/mol. The third-order valence-corrected chi connectivity index (χ3v) is 3.83. The maximum absolute atomic E-state index is 10.1. The number of benzene rings is 1. The van der Waals surface area contributed by atoms with Crippen LogP contribution in [0.1, 0.15) is 39.7 Å². The Kier molecular flexibility index (Phi) is 7.00. The molecule has 0 aliphatic rings. The van der Waals surface area contributed by atoms with Gasteiger partial charge in [0.1, 0.15) is 12.4 Å². The Balaban J connectivity index is 2.72. The van der Waals surface area contributed by atoms with Gasteiger partial charge < -0.3 is 15.2 Å². The van der Waals surface area contributed by atoms with E-state index in [9.17, 15) is 5.11 Å². The van der Waals surface area contributed by atoms with Crippen molar-refractivity contribution in [1.82, 2.24) is 5.32 Å². The van der Waals surface area contributed by atoms with Crippen molar-refractivity contribution in [2.45, 2.75) is 46.3 Å². The molecule has 114 valence electrons. The van der Waals surface area contributed by atoms with Gasteiger partial charge in [0, 0.05) is 12.1 Å². The molecular formula is C16H26BrNO2. The minimum Gasteiger partial charge on any atom is -0.489 e. The SMILES string of the molecule is CCC(C)(O)COc1c(Br)cccc1CNCC(C)C. The molecule has 0 aliphatic carbocycles. The molecule has 0 spiro atoms. The van der Waals surface area contributed by atoms with Crippen molar-refractivity contribution < 1.29 is 9.84 Å². The van der Waals surface area contributed by atoms with Crippen LogP contribution in [0, 0.1) is 5.92 Å². The summed E-state index contributed by atoms with van der Waals surface area (Å²) in [6, 6.07) is 6.01. The fraction of sp³-hybridized carbons (Fsp3) is 0.625. The molecular weight excluding hydrogens is 318 g/mol. The number of para-hydroxylation sites is 1. The molecule has 0 heterocycles. The van der Waals surface area contributed by atoms with Gasteiger partial charge >= 0.3 is 0 Å². The zero-order chi connectivity index (χ0) is 15.2. The summed E-state index contributed by atoms with van der Waals surface area (Å²) in [6.07, 6.45) is 0.665. The quantitative estimate of drug-likeness (QED) is 0.755. The number of rotatable bonds is 8. The van der Waals surface area contributed by atoms with Crippen LogP contribution in [0.2, 0.25) is 0 Å². The minimum absolute atomic E-state index is 0.295. The summed E-state index contributed by atoms with van der Waals surface area (Å²) >= 11 is 3.52. The van der Waals surface area contributed by atoms with E-state index in [-0.39, 0.29) is 0 Å². The molecule has 0 fully saturated rings. The molecule has 0 saturated carbocycles. The maximum atomic E-state index is 10.1. The Bertz CT molecular complexity index is 419. The van der Waals surface area contributed by atoms with Gasteiger partial charge in [0.15, 0.2) is 0 Å². The number of ether oxygens (including phenoxy) is 1. The van der Waals surface area contributed by atoms with Crippen molar-refractivity contribution in [1.29, 1.82) is 0 Å². The first-order chi connectivity index (χ1) is 9.35. The molecule has 0 aliphatic heterocycles. The van der Waals surface area contributed by atoms with Gasteiger partial charge in [-0.25, -0.2) is 0 Å². The van der Waals surface area contributed by atoms with Crippen molar-refractivity contribution in [2.75, 3.05) is 13.2 Å². The Morgan fingerprint density at radius 1 is 1.40 bits per heavy atom. The highest BCUT2D eigenvalue weighted by atomic mass is 79.9. The molecule has 4 heteroatoms. The standard InChI is InChI=1S/C16H26BrNO2/c1-5-16(4,19)11-20-15-13(7-6-8-14(15)17)10-18-9-12(2)3/h6-8,12,18-19H,5,9-11H2,1-4H3. The second kappa shape index (κ2) is 8.01. The molecule has 0 amide bonds. The molecule has 0 radical (unpaired) electrons. The van der Waals surface area contributed by atoms with E-state index < -0.39 is 5.60 Å². The molecule has 3 nitrogen and oxygen atoms in total. The van der Waals surface area contributed by atoms with Crippen molar-refractivity contribution in [3.05, 3.63) is 28.2 Å². The van der Waals surface area contributed by atoms with E-state index >= 15 is 0 Å². The highest BCUT2D eigenvalue weighted by molar-refractivity contribution is 9.10. The maximum Gasteiger partial charge on any atom is 0.138 e. The van der Waals surface area contributed by atoms with Gasteiger partial charge in [0.25, 0.3) is 0 Å². The third kappa shape index (κ3) is 5.81. The number of hydrogen-bond acceptors (Lipinski definition) is 3. The van der Waals surface area contributed by atoms with E-state index in [1.807, 2.05) is 25.1 Å². The van der Waals surface area contributed by atoms with Gasteiger partial charge in [-0.05, 0) is 47.8 Å². The fourth-order valence-corrected chi connectivity index (χ4v) is 2.20. The lowest BCUT2D eigenvalue weighted by atomic mass is 10.1. The van der Waals surface area contributed by atoms with Crippen LogP contribution in [0.15, 0.2) is 22.7 Å².